The molecule has 2 aliphatic heterocycles. The van der Waals surface area contributed by atoms with Crippen molar-refractivity contribution in [1.82, 2.24) is 0 Å². The number of hydrogen-bond acceptors (Lipinski definition) is 8. The summed E-state index contributed by atoms with van der Waals surface area (Å²) in [6.45, 7) is 4.43. The number of aliphatic hydroxyl groups is 4. The highest BCUT2D eigenvalue weighted by Crippen LogP contribution is 2.34. The zero-order chi connectivity index (χ0) is 17.3. The molecule has 2 aliphatic rings. The van der Waals surface area contributed by atoms with Crippen LogP contribution in [0.1, 0.15) is 20.8 Å². The number of esters is 1. The molecule has 0 aliphatic carbocycles. The Bertz CT molecular complexity index is 524. The van der Waals surface area contributed by atoms with Gasteiger partial charge in [0.1, 0.15) is 35.9 Å². The molecule has 0 radical (unpaired) electrons. The van der Waals surface area contributed by atoms with E-state index in [0.717, 1.165) is 0 Å². The van der Waals surface area contributed by atoms with Gasteiger partial charge in [0.15, 0.2) is 0 Å². The summed E-state index contributed by atoms with van der Waals surface area (Å²) in [6, 6.07) is 0. The summed E-state index contributed by atoms with van der Waals surface area (Å²) >= 11 is 0. The van der Waals surface area contributed by atoms with Crippen LogP contribution in [-0.2, 0) is 19.0 Å². The van der Waals surface area contributed by atoms with Crippen LogP contribution in [0, 0.1) is 5.92 Å². The van der Waals surface area contributed by atoms with Gasteiger partial charge in [0.2, 0.25) is 6.29 Å². The van der Waals surface area contributed by atoms with Gasteiger partial charge in [-0.1, -0.05) is 0 Å². The van der Waals surface area contributed by atoms with E-state index in [1.807, 2.05) is 0 Å². The Kier molecular flexibility index (Phi) is 5.43. The zero-order valence-corrected chi connectivity index (χ0v) is 13.2. The lowest BCUT2D eigenvalue weighted by Gasteiger charge is -2.41. The summed E-state index contributed by atoms with van der Waals surface area (Å²) in [4.78, 5) is 11.8. The average molecular weight is 330 g/mol. The van der Waals surface area contributed by atoms with E-state index in [0.29, 0.717) is 5.76 Å². The van der Waals surface area contributed by atoms with Gasteiger partial charge in [-0.2, -0.15) is 0 Å². The zero-order valence-electron chi connectivity index (χ0n) is 13.2. The Morgan fingerprint density at radius 3 is 2.43 bits per heavy atom. The van der Waals surface area contributed by atoms with Gasteiger partial charge in [0.05, 0.1) is 18.1 Å². The van der Waals surface area contributed by atoms with Crippen LogP contribution < -0.4 is 0 Å². The second-order valence-electron chi connectivity index (χ2n) is 5.61. The first-order valence-corrected chi connectivity index (χ1v) is 7.38. The molecule has 4 N–H and O–H groups in total. The molecule has 0 aromatic rings. The maximum Gasteiger partial charge on any atom is 0.342 e. The molecule has 1 unspecified atom stereocenters. The number of rotatable bonds is 3. The van der Waals surface area contributed by atoms with Gasteiger partial charge in [-0.3, -0.25) is 0 Å². The molecule has 0 spiro atoms. The lowest BCUT2D eigenvalue weighted by Crippen LogP contribution is -2.59. The Labute approximate surface area is 133 Å². The number of allylic oxidation sites excluding steroid dienone is 1. The topological polar surface area (TPSA) is 126 Å². The van der Waals surface area contributed by atoms with Crippen molar-refractivity contribution < 1.29 is 39.4 Å². The van der Waals surface area contributed by atoms with Crippen LogP contribution >= 0.6 is 0 Å². The van der Waals surface area contributed by atoms with Crippen LogP contribution in [0.15, 0.2) is 23.2 Å². The smallest absolute Gasteiger partial charge is 0.342 e. The molecule has 0 aromatic carbocycles. The number of ether oxygens (including phenoxy) is 3. The minimum atomic E-state index is -1.54. The van der Waals surface area contributed by atoms with Crippen molar-refractivity contribution in [3.8, 4) is 0 Å². The molecule has 1 saturated heterocycles. The monoisotopic (exact) mass is 330 g/mol. The van der Waals surface area contributed by atoms with Gasteiger partial charge in [-0.15, -0.1) is 0 Å². The van der Waals surface area contributed by atoms with Crippen molar-refractivity contribution in [2.45, 2.75) is 51.5 Å². The third kappa shape index (κ3) is 3.26. The van der Waals surface area contributed by atoms with Gasteiger partial charge in [0, 0.05) is 0 Å². The van der Waals surface area contributed by atoms with Crippen LogP contribution in [0.25, 0.3) is 0 Å². The fourth-order valence-corrected chi connectivity index (χ4v) is 2.62. The first-order chi connectivity index (χ1) is 10.8. The van der Waals surface area contributed by atoms with Gasteiger partial charge >= 0.3 is 5.97 Å². The number of hydrogen-bond donors (Lipinski definition) is 4. The highest BCUT2D eigenvalue weighted by molar-refractivity contribution is 5.90. The van der Waals surface area contributed by atoms with E-state index >= 15 is 0 Å². The molecule has 0 bridgehead atoms. The standard InChI is InChI=1S/C15H22O8/c1-4-8-6(2)13(7(3)14(20)21-8)23-15-12(19)11(18)10(17)9(5-16)22-15/h4,6,9-12,15-19H,5H2,1-3H3/b8-4-/t6?,9-,10-,11+,12-,15+/m1/s1. The van der Waals surface area contributed by atoms with Gasteiger partial charge in [0.25, 0.3) is 0 Å². The summed E-state index contributed by atoms with van der Waals surface area (Å²) < 4.78 is 16.0. The molecule has 2 rings (SSSR count). The molecule has 0 aromatic heterocycles. The van der Waals surface area contributed by atoms with Crippen molar-refractivity contribution >= 4 is 5.97 Å². The highest BCUT2D eigenvalue weighted by Gasteiger charge is 2.46. The van der Waals surface area contributed by atoms with E-state index in [9.17, 15) is 25.2 Å². The molecule has 1 fully saturated rings. The van der Waals surface area contributed by atoms with E-state index in [1.54, 1.807) is 19.9 Å². The predicted molar refractivity (Wildman–Crippen MR) is 76.6 cm³/mol. The lowest BCUT2D eigenvalue weighted by atomic mass is 9.98. The molecule has 2 heterocycles. The number of cyclic esters (lactones) is 1. The molecular weight excluding hydrogens is 308 g/mol. The molecule has 6 atom stereocenters. The molecule has 8 nitrogen and oxygen atoms in total. The maximum atomic E-state index is 11.8. The van der Waals surface area contributed by atoms with E-state index < -0.39 is 43.3 Å². The minimum Gasteiger partial charge on any atom is -0.465 e. The Hall–Kier alpha value is -1.45. The van der Waals surface area contributed by atoms with Crippen LogP contribution in [0.2, 0.25) is 0 Å². The SMILES string of the molecule is C/C=C1\OC(=O)C(C)=C(O[C@@H]2O[C@H](CO)[C@@H](O)[C@H](O)[C@H]2O)C1C. The summed E-state index contributed by atoms with van der Waals surface area (Å²) in [6.07, 6.45) is -5.32. The molecule has 0 amide bonds. The van der Waals surface area contributed by atoms with Crippen molar-refractivity contribution in [2.24, 2.45) is 5.92 Å². The summed E-state index contributed by atoms with van der Waals surface area (Å²) in [7, 11) is 0. The van der Waals surface area contributed by atoms with Crippen molar-refractivity contribution in [3.63, 3.8) is 0 Å². The molecule has 130 valence electrons. The van der Waals surface area contributed by atoms with Crippen molar-refractivity contribution in [2.75, 3.05) is 6.61 Å². The normalized spacial score (nSPS) is 40.3. The van der Waals surface area contributed by atoms with Crippen LogP contribution in [0.3, 0.4) is 0 Å². The number of aliphatic hydroxyl groups excluding tert-OH is 4. The van der Waals surface area contributed by atoms with Crippen LogP contribution in [-0.4, -0.2) is 63.7 Å². The van der Waals surface area contributed by atoms with E-state index in [2.05, 4.69) is 0 Å². The molecule has 23 heavy (non-hydrogen) atoms. The summed E-state index contributed by atoms with van der Waals surface area (Å²) in [5.41, 5.74) is 0.222. The minimum absolute atomic E-state index is 0.222. The number of carbonyl (C=O) groups is 1. The first kappa shape index (κ1) is 17.9. The largest absolute Gasteiger partial charge is 0.465 e. The van der Waals surface area contributed by atoms with E-state index in [1.165, 1.54) is 6.92 Å². The van der Waals surface area contributed by atoms with E-state index in [-0.39, 0.29) is 17.3 Å². The predicted octanol–water partition coefficient (Wildman–Crippen LogP) is -0.826. The first-order valence-electron chi connectivity index (χ1n) is 7.38. The van der Waals surface area contributed by atoms with Crippen molar-refractivity contribution in [3.05, 3.63) is 23.2 Å². The van der Waals surface area contributed by atoms with E-state index in [4.69, 9.17) is 14.2 Å². The fourth-order valence-electron chi connectivity index (χ4n) is 2.62. The fraction of sp³-hybridized carbons (Fsp3) is 0.667. The maximum absolute atomic E-state index is 11.8. The quantitative estimate of drug-likeness (QED) is 0.494. The van der Waals surface area contributed by atoms with Crippen LogP contribution in [0.4, 0.5) is 0 Å². The summed E-state index contributed by atoms with van der Waals surface area (Å²) in [5, 5.41) is 38.8. The van der Waals surface area contributed by atoms with Gasteiger partial charge < -0.3 is 34.6 Å². The Morgan fingerprint density at radius 1 is 1.22 bits per heavy atom. The van der Waals surface area contributed by atoms with Crippen LogP contribution in [0.5, 0.6) is 0 Å². The summed E-state index contributed by atoms with van der Waals surface area (Å²) in [5.74, 6) is -0.306. The highest BCUT2D eigenvalue weighted by atomic mass is 16.7. The third-order valence-electron chi connectivity index (χ3n) is 4.08. The molecule has 8 heteroatoms. The second-order valence-corrected chi connectivity index (χ2v) is 5.61. The lowest BCUT2D eigenvalue weighted by molar-refractivity contribution is -0.293. The molecular formula is C15H22O8. The second kappa shape index (κ2) is 6.98. The van der Waals surface area contributed by atoms with Crippen molar-refractivity contribution in [1.29, 1.82) is 0 Å². The van der Waals surface area contributed by atoms with Gasteiger partial charge in [-0.25, -0.2) is 4.79 Å². The average Bonchev–Trinajstić information content (AvgIpc) is 2.54. The van der Waals surface area contributed by atoms with Gasteiger partial charge in [-0.05, 0) is 26.8 Å². The third-order valence-corrected chi connectivity index (χ3v) is 4.08. The Balaban J connectivity index is 2.25. The Morgan fingerprint density at radius 2 is 1.87 bits per heavy atom. The number of carbonyl (C=O) groups excluding carboxylic acids is 1. The molecule has 0 saturated carbocycles.